The number of nitrogens with two attached hydrogens (primary N) is 2. The Bertz CT molecular complexity index is 889. The summed E-state index contributed by atoms with van der Waals surface area (Å²) in [6, 6.07) is 0. The number of carbonyl (C=O) groups excluding carboxylic acids is 1. The minimum atomic E-state index is -4.56. The zero-order valence-electron chi connectivity index (χ0n) is 11.6. The summed E-state index contributed by atoms with van der Waals surface area (Å²) in [5.41, 5.74) is 11.7. The van der Waals surface area contributed by atoms with Gasteiger partial charge in [0.1, 0.15) is 11.8 Å². The summed E-state index contributed by atoms with van der Waals surface area (Å²) < 4.78 is 28.5. The van der Waals surface area contributed by atoms with Crippen molar-refractivity contribution in [2.24, 2.45) is 10.7 Å². The predicted octanol–water partition coefficient (Wildman–Crippen LogP) is -1.33. The number of hydrogen-bond donors (Lipinski definition) is 4. The van der Waals surface area contributed by atoms with Crippen molar-refractivity contribution < 1.29 is 17.8 Å². The molecule has 1 aliphatic rings. The van der Waals surface area contributed by atoms with Gasteiger partial charge in [0.25, 0.3) is 10.1 Å². The number of dihydropyridines is 1. The third-order valence-electron chi connectivity index (χ3n) is 3.01. The highest BCUT2D eigenvalue weighted by molar-refractivity contribution is 7.88. The molecular formula is C11H13N7O4S. The van der Waals surface area contributed by atoms with E-state index in [1.807, 2.05) is 0 Å². The molecule has 1 aliphatic heterocycles. The van der Waals surface area contributed by atoms with Crippen LogP contribution in [0.4, 0.5) is 5.82 Å². The summed E-state index contributed by atoms with van der Waals surface area (Å²) in [6.07, 6.45) is 6.53. The normalized spacial score (nSPS) is 20.0. The second-order valence-electron chi connectivity index (χ2n) is 4.44. The zero-order valence-corrected chi connectivity index (χ0v) is 12.4. The number of imidazole rings is 1. The molecule has 6 N–H and O–H groups in total. The first-order valence-electron chi connectivity index (χ1n) is 6.12. The van der Waals surface area contributed by atoms with E-state index >= 15 is 0 Å². The topological polar surface area (TPSA) is 190 Å². The van der Waals surface area contributed by atoms with Gasteiger partial charge in [-0.2, -0.15) is 8.42 Å². The van der Waals surface area contributed by atoms with Gasteiger partial charge in [0.05, 0.1) is 12.9 Å². The van der Waals surface area contributed by atoms with Gasteiger partial charge in [-0.15, -0.1) is 0 Å². The van der Waals surface area contributed by atoms with E-state index in [4.69, 9.17) is 16.0 Å². The number of carbonyl (C=O) groups is 1. The Kier molecular flexibility index (Phi) is 4.38. The van der Waals surface area contributed by atoms with E-state index in [0.717, 1.165) is 6.08 Å². The van der Waals surface area contributed by atoms with Crippen LogP contribution < -0.4 is 11.5 Å². The minimum absolute atomic E-state index is 0.377. The molecule has 0 saturated heterocycles. The van der Waals surface area contributed by atoms with Crippen LogP contribution in [0.1, 0.15) is 0 Å². The number of allylic oxidation sites excluding steroid dienone is 1. The number of anilines is 1. The predicted molar refractivity (Wildman–Crippen MR) is 82.1 cm³/mol. The number of H-pyrrole nitrogens is 1. The van der Waals surface area contributed by atoms with Crippen LogP contribution in [-0.2, 0) is 14.9 Å². The fraction of sp³-hybridized carbons (Fsp3) is 0.182. The lowest BCUT2D eigenvalue weighted by molar-refractivity contribution is -0.119. The maximum absolute atomic E-state index is 10.9. The second kappa shape index (κ2) is 6.10. The smallest absolute Gasteiger partial charge is 0.285 e. The Morgan fingerprint density at radius 1 is 1.35 bits per heavy atom. The molecule has 0 fully saturated rings. The number of nitrogen functional groups attached to an aromatic ring is 1. The Balaban J connectivity index is 0.000000172. The number of nitrogens with one attached hydrogen (secondary N) is 1. The van der Waals surface area contributed by atoms with E-state index in [9.17, 15) is 13.2 Å². The van der Waals surface area contributed by atoms with Crippen molar-refractivity contribution in [2.45, 2.75) is 4.75 Å². The van der Waals surface area contributed by atoms with Crippen LogP contribution in [-0.4, -0.2) is 56.3 Å². The van der Waals surface area contributed by atoms with Crippen molar-refractivity contribution in [3.05, 3.63) is 24.8 Å². The molecule has 0 spiro atoms. The van der Waals surface area contributed by atoms with Gasteiger partial charge < -0.3 is 16.5 Å². The maximum atomic E-state index is 10.9. The van der Waals surface area contributed by atoms with Crippen molar-refractivity contribution in [1.29, 1.82) is 0 Å². The number of rotatable bonds is 2. The van der Waals surface area contributed by atoms with Crippen molar-refractivity contribution in [3.8, 4) is 0 Å². The third-order valence-corrected chi connectivity index (χ3v) is 4.40. The first-order chi connectivity index (χ1) is 10.8. The van der Waals surface area contributed by atoms with E-state index in [2.05, 4.69) is 24.9 Å². The van der Waals surface area contributed by atoms with Crippen LogP contribution in [0, 0.1) is 0 Å². The van der Waals surface area contributed by atoms with Gasteiger partial charge in [0, 0.05) is 6.21 Å². The van der Waals surface area contributed by atoms with Crippen LogP contribution in [0.3, 0.4) is 0 Å². The van der Waals surface area contributed by atoms with Crippen LogP contribution in [0.5, 0.6) is 0 Å². The largest absolute Gasteiger partial charge is 0.382 e. The van der Waals surface area contributed by atoms with Gasteiger partial charge in [-0.25, -0.2) is 15.0 Å². The quantitative estimate of drug-likeness (QED) is 0.484. The number of fused-ring (bicyclic) bond motifs is 1. The Morgan fingerprint density at radius 3 is 2.57 bits per heavy atom. The molecule has 0 bridgehead atoms. The lowest BCUT2D eigenvalue weighted by Gasteiger charge is -2.22. The number of aromatic nitrogens is 4. The number of aromatic amines is 1. The Morgan fingerprint density at radius 2 is 2.09 bits per heavy atom. The molecule has 0 aliphatic carbocycles. The molecule has 1 amide bonds. The highest BCUT2D eigenvalue weighted by atomic mass is 32.2. The number of primary amides is 1. The van der Waals surface area contributed by atoms with E-state index in [1.54, 1.807) is 0 Å². The summed E-state index contributed by atoms with van der Waals surface area (Å²) in [6.45, 7) is -0.377. The van der Waals surface area contributed by atoms with Gasteiger partial charge in [-0.05, 0) is 12.2 Å². The van der Waals surface area contributed by atoms with Crippen LogP contribution in [0.2, 0.25) is 0 Å². The van der Waals surface area contributed by atoms with E-state index < -0.39 is 20.8 Å². The van der Waals surface area contributed by atoms with Gasteiger partial charge in [-0.3, -0.25) is 14.3 Å². The average Bonchev–Trinajstić information content (AvgIpc) is 2.97. The molecule has 0 radical (unpaired) electrons. The van der Waals surface area contributed by atoms with Crippen molar-refractivity contribution in [2.75, 3.05) is 12.3 Å². The minimum Gasteiger partial charge on any atom is -0.382 e. The van der Waals surface area contributed by atoms with Crippen LogP contribution in [0.15, 0.2) is 29.8 Å². The van der Waals surface area contributed by atoms with Crippen LogP contribution in [0.25, 0.3) is 11.2 Å². The molecule has 12 heteroatoms. The van der Waals surface area contributed by atoms with Crippen molar-refractivity contribution in [1.82, 2.24) is 19.9 Å². The number of amides is 1. The van der Waals surface area contributed by atoms with E-state index in [0.29, 0.717) is 17.0 Å². The SMILES string of the molecule is NC(=O)C1(S(=O)(=O)O)C=CC=NC1.Nc1ncnc2nc[nH]c12. The second-order valence-corrected chi connectivity index (χ2v) is 6.12. The molecule has 2 aromatic rings. The summed E-state index contributed by atoms with van der Waals surface area (Å²) in [4.78, 5) is 28.8. The molecule has 3 heterocycles. The lowest BCUT2D eigenvalue weighted by atomic mass is 10.1. The average molecular weight is 339 g/mol. The van der Waals surface area contributed by atoms with Crippen molar-refractivity contribution >= 4 is 39.2 Å². The van der Waals surface area contributed by atoms with E-state index in [-0.39, 0.29) is 6.54 Å². The lowest BCUT2D eigenvalue weighted by Crippen LogP contribution is -2.52. The molecule has 1 unspecified atom stereocenters. The van der Waals surface area contributed by atoms with Gasteiger partial charge in [0.15, 0.2) is 11.5 Å². The first-order valence-corrected chi connectivity index (χ1v) is 7.56. The van der Waals surface area contributed by atoms with Gasteiger partial charge >= 0.3 is 0 Å². The fourth-order valence-electron chi connectivity index (χ4n) is 1.74. The molecule has 0 saturated carbocycles. The number of hydrogen-bond acceptors (Lipinski definition) is 8. The molecule has 11 nitrogen and oxygen atoms in total. The molecule has 122 valence electrons. The first kappa shape index (κ1) is 16.5. The Labute approximate surface area is 130 Å². The molecule has 23 heavy (non-hydrogen) atoms. The monoisotopic (exact) mass is 339 g/mol. The van der Waals surface area contributed by atoms with Crippen LogP contribution >= 0.6 is 0 Å². The van der Waals surface area contributed by atoms with Gasteiger partial charge in [0.2, 0.25) is 10.7 Å². The zero-order chi connectivity index (χ0) is 17.1. The van der Waals surface area contributed by atoms with Gasteiger partial charge in [-0.1, -0.05) is 0 Å². The molecule has 3 rings (SSSR count). The third kappa shape index (κ3) is 3.17. The summed E-state index contributed by atoms with van der Waals surface area (Å²) >= 11 is 0. The van der Waals surface area contributed by atoms with E-state index in [1.165, 1.54) is 24.9 Å². The summed E-state index contributed by atoms with van der Waals surface area (Å²) in [5.74, 6) is -0.703. The highest BCUT2D eigenvalue weighted by Crippen LogP contribution is 2.20. The fourth-order valence-corrected chi connectivity index (χ4v) is 2.48. The standard InChI is InChI=1S/C6H8N2O4S.C5H5N5/c7-5(9)6(13(10,11)12)2-1-3-8-4-6;6-4-3-5(9-1-7-3)10-2-8-4/h1-3H,4H2,(H2,7,9)(H,10,11,12);1-2H,(H3,6,7,8,9,10). The molecule has 0 aromatic carbocycles. The summed E-state index contributed by atoms with van der Waals surface area (Å²) in [5, 5.41) is 0. The van der Waals surface area contributed by atoms with Crippen molar-refractivity contribution in [3.63, 3.8) is 0 Å². The molecule has 1 atom stereocenters. The number of aliphatic imine (C=N–C) groups is 1. The maximum Gasteiger partial charge on any atom is 0.285 e. The molecule has 2 aromatic heterocycles. The highest BCUT2D eigenvalue weighted by Gasteiger charge is 2.47. The number of nitrogens with zero attached hydrogens (tertiary/aromatic N) is 4. The Hall–Kier alpha value is -2.86. The summed E-state index contributed by atoms with van der Waals surface area (Å²) in [7, 11) is -4.56. The molecular weight excluding hydrogens is 326 g/mol.